The number of carbonyl (C=O) groups is 4. The van der Waals surface area contributed by atoms with Crippen LogP contribution in [0, 0.1) is 58.2 Å². The molecule has 2 aliphatic heterocycles. The summed E-state index contributed by atoms with van der Waals surface area (Å²) in [5.41, 5.74) is -1.21. The van der Waals surface area contributed by atoms with Crippen LogP contribution in [0.5, 0.6) is 0 Å². The molecule has 1 fully saturated rings. The Hall–Kier alpha value is 2.41. The summed E-state index contributed by atoms with van der Waals surface area (Å²) >= 11 is 0. The molecule has 0 amide bonds. The van der Waals surface area contributed by atoms with E-state index in [0.717, 1.165) is 0 Å². The van der Waals surface area contributed by atoms with Crippen molar-refractivity contribution >= 4 is 35.3 Å². The number of ether oxygens (including phenoxy) is 2. The van der Waals surface area contributed by atoms with Gasteiger partial charge in [0, 0.05) is 170 Å². The molecule has 29 heteroatoms. The zero-order chi connectivity index (χ0) is 52.5. The van der Waals surface area contributed by atoms with Crippen molar-refractivity contribution in [3.05, 3.63) is 18.9 Å². The number of carboxylic acid groups (broad SMARTS) is 4. The average Bonchev–Trinajstić information content (AvgIpc) is 3.13. The van der Waals surface area contributed by atoms with Gasteiger partial charge in [-0.3, -0.25) is 23.7 Å². The van der Waals surface area contributed by atoms with Crippen LogP contribution < -0.4 is 0 Å². The van der Waals surface area contributed by atoms with Crippen LogP contribution in [0.3, 0.4) is 0 Å². The second-order valence-electron chi connectivity index (χ2n) is 19.3. The van der Waals surface area contributed by atoms with Crippen LogP contribution in [-0.2, 0) is 207 Å². The SMILES string of the molecule is CC(C)(C)C(CC(CO)C(=O)O)C(CO)OS(=O)(=O)O.CC(C)(C)C(CO)CC(CO)C(=O)O.CC(C)(C)[C@@H]1O[C-]=C[C@@H](O)C1O.CC(C)(C)[C@@H]1O[CH-][C@@H](O)[C@@H](O)C1O.O=CO.O=CO.[Y].[Y].[Y].[Y].[Y]. The minimum absolute atomic E-state index is 0. The molecule has 403 valence electrons. The van der Waals surface area contributed by atoms with Gasteiger partial charge in [-0.05, 0) is 52.4 Å². The molecule has 0 aromatic rings. The third-order valence-corrected chi connectivity index (χ3v) is 10.3. The first kappa shape index (κ1) is 91.8. The fourth-order valence-corrected chi connectivity index (χ4v) is 6.45. The number of carboxylic acids is 2. The fraction of sp³-hybridized carbons (Fsp3) is 0.829. The number of hydrogen-bond donors (Lipinski definition) is 14. The Kier molecular flexibility index (Phi) is 59.4. The van der Waals surface area contributed by atoms with E-state index >= 15 is 0 Å². The van der Waals surface area contributed by atoms with Gasteiger partial charge in [-0.25, -0.2) is 10.3 Å². The van der Waals surface area contributed by atoms with Gasteiger partial charge in [0.05, 0.1) is 56.1 Å². The van der Waals surface area contributed by atoms with E-state index in [-0.39, 0.29) is 218 Å². The quantitative estimate of drug-likeness (QED) is 0.0664. The molecule has 0 bridgehead atoms. The Bertz CT molecular complexity index is 1470. The summed E-state index contributed by atoms with van der Waals surface area (Å²) in [4.78, 5) is 38.3. The molecule has 0 spiro atoms. The van der Waals surface area contributed by atoms with Crippen LogP contribution >= 0.6 is 0 Å². The topological polar surface area (TPSA) is 413 Å². The first-order chi connectivity index (χ1) is 29.3. The van der Waals surface area contributed by atoms with Crippen LogP contribution in [0.15, 0.2) is 6.08 Å². The largest absolute Gasteiger partial charge is 0.689 e. The number of aliphatic hydroxyl groups is 9. The van der Waals surface area contributed by atoms with Crippen LogP contribution in [0.25, 0.3) is 0 Å². The maximum absolute atomic E-state index is 11.0. The van der Waals surface area contributed by atoms with Crippen molar-refractivity contribution in [2.75, 3.05) is 26.4 Å². The molecule has 0 aromatic carbocycles. The summed E-state index contributed by atoms with van der Waals surface area (Å²) in [5, 5.41) is 115. The molecule has 2 rings (SSSR count). The molecule has 0 aromatic heterocycles. The smallest absolute Gasteiger partial charge is 0.397 e. The molecule has 1 saturated heterocycles. The van der Waals surface area contributed by atoms with E-state index in [1.807, 2.05) is 62.3 Å². The van der Waals surface area contributed by atoms with Crippen molar-refractivity contribution in [2.24, 2.45) is 45.3 Å². The summed E-state index contributed by atoms with van der Waals surface area (Å²) in [7, 11) is -4.77. The zero-order valence-corrected chi connectivity index (χ0v) is 57.2. The molecule has 0 aliphatic carbocycles. The molecule has 2 heterocycles. The number of aliphatic carboxylic acids is 2. The second kappa shape index (κ2) is 45.3. The van der Waals surface area contributed by atoms with Gasteiger partial charge in [0.1, 0.15) is 18.3 Å². The second-order valence-corrected chi connectivity index (χ2v) is 20.3. The monoisotopic (exact) mass is 1410 g/mol. The molecule has 5 radical (unpaired) electrons. The van der Waals surface area contributed by atoms with E-state index in [1.54, 1.807) is 20.8 Å². The maximum atomic E-state index is 11.0. The van der Waals surface area contributed by atoms with Crippen molar-refractivity contribution in [1.29, 1.82) is 0 Å². The Balaban J connectivity index is -0.0000000965. The molecule has 23 nitrogen and oxygen atoms in total. The van der Waals surface area contributed by atoms with E-state index in [4.69, 9.17) is 64.5 Å². The van der Waals surface area contributed by atoms with Crippen molar-refractivity contribution < 1.29 is 276 Å². The summed E-state index contributed by atoms with van der Waals surface area (Å²) in [6, 6.07) is 0. The van der Waals surface area contributed by atoms with Gasteiger partial charge in [0.2, 0.25) is 0 Å². The first-order valence-corrected chi connectivity index (χ1v) is 21.5. The minimum Gasteiger partial charge on any atom is -0.689 e. The van der Waals surface area contributed by atoms with Crippen LogP contribution in [0.1, 0.15) is 95.9 Å². The van der Waals surface area contributed by atoms with Crippen LogP contribution in [-0.4, -0.2) is 179 Å². The zero-order valence-electron chi connectivity index (χ0n) is 42.2. The molecule has 70 heavy (non-hydrogen) atoms. The van der Waals surface area contributed by atoms with Crippen molar-refractivity contribution in [2.45, 2.75) is 145 Å². The van der Waals surface area contributed by atoms with Gasteiger partial charge < -0.3 is 82.1 Å². The fourth-order valence-electron chi connectivity index (χ4n) is 5.95. The Labute approximate surface area is 539 Å². The average molecular weight is 1420 g/mol. The predicted molar refractivity (Wildman–Crippen MR) is 230 cm³/mol. The molecule has 12 atom stereocenters. The third-order valence-electron chi connectivity index (χ3n) is 9.85. The van der Waals surface area contributed by atoms with E-state index in [0.29, 0.717) is 6.42 Å². The summed E-state index contributed by atoms with van der Waals surface area (Å²) < 4.78 is 44.9. The van der Waals surface area contributed by atoms with Gasteiger partial charge in [0.15, 0.2) is 0 Å². The molecular weight excluding hydrogens is 1340 g/mol. The Morgan fingerprint density at radius 1 is 0.657 bits per heavy atom. The van der Waals surface area contributed by atoms with Crippen molar-refractivity contribution in [1.82, 2.24) is 0 Å². The normalized spacial score (nSPS) is 22.6. The number of aliphatic hydroxyl groups excluding tert-OH is 9. The number of hydrogen-bond acceptors (Lipinski definition) is 18. The molecule has 2 aliphatic rings. The van der Waals surface area contributed by atoms with Gasteiger partial charge in [-0.1, -0.05) is 83.1 Å². The number of rotatable bonds is 13. The molecule has 14 N–H and O–H groups in total. The standard InChI is InChI=1S/C11H22O8S.C10H20O4.C9H17O4.C9H15O3.2CH2O2.5Y/c1-11(2,3)8(4-7(5-12)10(14)15)9(6-13)19-20(16,17)18;1-10(2,3)8(6-12)4-7(5-11)9(13)14;1-9(2,3)8-7(12)6(11)5(10)4-13-8;1-9(2,3)8-7(11)6(10)4-5-12-8;2*2-1-3;;;;;/h7-9,12-13H,4-6H2,1-3H3,(H,14,15)(H,16,17,18);7-8,11-12H,4-6H2,1-3H3,(H,13,14);4-8,10-12H,1-3H3;4,6-8,10-11H,1-3H3;2*1H,(H,2,3);;;;;/q;;2*-1;;;;;;;/t;;5-,6-,7?,8-;6-,7?,8-;;;;;;;/m..11......./s1. The summed E-state index contributed by atoms with van der Waals surface area (Å²) in [5.74, 6) is -4.93. The molecule has 7 unspecified atom stereocenters. The van der Waals surface area contributed by atoms with Crippen LogP contribution in [0.2, 0.25) is 0 Å². The minimum atomic E-state index is -4.77. The Morgan fingerprint density at radius 2 is 1.04 bits per heavy atom. The summed E-state index contributed by atoms with van der Waals surface area (Å²) in [6.07, 6.45) is -3.16. The van der Waals surface area contributed by atoms with Gasteiger partial charge in [-0.15, -0.1) is 0 Å². The van der Waals surface area contributed by atoms with Crippen molar-refractivity contribution in [3.63, 3.8) is 0 Å². The molecule has 0 saturated carbocycles. The third kappa shape index (κ3) is 41.5. The van der Waals surface area contributed by atoms with E-state index in [9.17, 15) is 43.5 Å². The Morgan fingerprint density at radius 3 is 1.31 bits per heavy atom. The predicted octanol–water partition coefficient (Wildman–Crippen LogP) is 0.171. The van der Waals surface area contributed by atoms with E-state index in [1.165, 1.54) is 12.7 Å². The van der Waals surface area contributed by atoms with Gasteiger partial charge in [-0.2, -0.15) is 15.0 Å². The van der Waals surface area contributed by atoms with Crippen LogP contribution in [0.4, 0.5) is 0 Å². The van der Waals surface area contributed by atoms with Gasteiger partial charge >= 0.3 is 22.3 Å². The molecular formula is C41H78O23SY5-2. The van der Waals surface area contributed by atoms with E-state index < -0.39 is 108 Å². The van der Waals surface area contributed by atoms with Crippen molar-refractivity contribution in [3.8, 4) is 0 Å². The first-order valence-electron chi connectivity index (χ1n) is 20.2. The maximum Gasteiger partial charge on any atom is 0.397 e. The summed E-state index contributed by atoms with van der Waals surface area (Å²) in [6.45, 7) is 21.4. The van der Waals surface area contributed by atoms with Gasteiger partial charge in [0.25, 0.3) is 12.9 Å². The van der Waals surface area contributed by atoms with E-state index in [2.05, 4.69) is 10.4 Å².